The van der Waals surface area contributed by atoms with E-state index in [2.05, 4.69) is 25.3 Å². The third-order valence-electron chi connectivity index (χ3n) is 4.18. The molecule has 7 heteroatoms. The van der Waals surface area contributed by atoms with Crippen LogP contribution in [-0.2, 0) is 0 Å². The van der Waals surface area contributed by atoms with E-state index in [0.717, 1.165) is 11.1 Å². The molecule has 0 aliphatic rings. The van der Waals surface area contributed by atoms with Crippen LogP contribution in [0, 0.1) is 6.92 Å². The Morgan fingerprint density at radius 3 is 2.62 bits per heavy atom. The first-order valence-electron chi connectivity index (χ1n) is 8.92. The second-order valence-electron chi connectivity index (χ2n) is 6.24. The van der Waals surface area contributed by atoms with Gasteiger partial charge in [-0.2, -0.15) is 4.98 Å². The molecule has 0 bridgehead atoms. The van der Waals surface area contributed by atoms with Gasteiger partial charge < -0.3 is 10.1 Å². The number of carbonyl (C=O) groups is 1. The molecule has 4 rings (SSSR count). The number of anilines is 1. The van der Waals surface area contributed by atoms with Crippen molar-refractivity contribution in [2.24, 2.45) is 0 Å². The molecule has 0 saturated carbocycles. The van der Waals surface area contributed by atoms with Gasteiger partial charge in [0.05, 0.1) is 5.69 Å². The van der Waals surface area contributed by atoms with E-state index in [1.54, 1.807) is 55.2 Å². The van der Waals surface area contributed by atoms with E-state index < -0.39 is 0 Å². The minimum Gasteiger partial charge on any atom is -0.424 e. The van der Waals surface area contributed by atoms with Gasteiger partial charge in [0.2, 0.25) is 0 Å². The highest BCUT2D eigenvalue weighted by atomic mass is 16.5. The van der Waals surface area contributed by atoms with Crippen LogP contribution in [0.2, 0.25) is 0 Å². The molecule has 0 aliphatic heterocycles. The van der Waals surface area contributed by atoms with Crippen LogP contribution in [0.25, 0.3) is 11.3 Å². The van der Waals surface area contributed by atoms with Gasteiger partial charge in [-0.05, 0) is 48.9 Å². The lowest BCUT2D eigenvalue weighted by molar-refractivity contribution is 0.102. The zero-order valence-electron chi connectivity index (χ0n) is 15.6. The van der Waals surface area contributed by atoms with E-state index in [1.165, 1.54) is 0 Å². The predicted octanol–water partition coefficient (Wildman–Crippen LogP) is 4.29. The van der Waals surface area contributed by atoms with E-state index in [-0.39, 0.29) is 11.9 Å². The molecule has 1 amide bonds. The summed E-state index contributed by atoms with van der Waals surface area (Å²) < 4.78 is 5.90. The molecule has 4 aromatic rings. The first-order valence-corrected chi connectivity index (χ1v) is 8.92. The number of ether oxygens (including phenoxy) is 1. The molecular formula is C22H17N5O2. The molecule has 0 aliphatic carbocycles. The number of hydrogen-bond acceptors (Lipinski definition) is 6. The van der Waals surface area contributed by atoms with E-state index in [0.29, 0.717) is 22.7 Å². The number of aromatic nitrogens is 4. The second-order valence-corrected chi connectivity index (χ2v) is 6.24. The minimum absolute atomic E-state index is 0.215. The molecule has 0 spiro atoms. The molecule has 3 heterocycles. The van der Waals surface area contributed by atoms with Crippen molar-refractivity contribution in [3.63, 3.8) is 0 Å². The third-order valence-corrected chi connectivity index (χ3v) is 4.18. The maximum Gasteiger partial charge on any atom is 0.322 e. The first kappa shape index (κ1) is 18.2. The predicted molar refractivity (Wildman–Crippen MR) is 109 cm³/mol. The number of rotatable bonds is 5. The van der Waals surface area contributed by atoms with Gasteiger partial charge in [0.25, 0.3) is 5.91 Å². The molecule has 0 unspecified atom stereocenters. The summed E-state index contributed by atoms with van der Waals surface area (Å²) in [6.45, 7) is 1.91. The van der Waals surface area contributed by atoms with Crippen LogP contribution in [-0.4, -0.2) is 25.8 Å². The normalized spacial score (nSPS) is 10.4. The SMILES string of the molecule is Cc1ccc(NC(=O)c2ccncc2)cc1Oc1nccc(-c2cccnc2)n1. The molecule has 0 fully saturated rings. The minimum atomic E-state index is -0.225. The Hall–Kier alpha value is -4.13. The van der Waals surface area contributed by atoms with Crippen LogP contribution < -0.4 is 10.1 Å². The van der Waals surface area contributed by atoms with Crippen LogP contribution in [0.4, 0.5) is 5.69 Å². The highest BCUT2D eigenvalue weighted by Crippen LogP contribution is 2.27. The Morgan fingerprint density at radius 1 is 0.966 bits per heavy atom. The fourth-order valence-electron chi connectivity index (χ4n) is 2.66. The summed E-state index contributed by atoms with van der Waals surface area (Å²) in [7, 11) is 0. The fourth-order valence-corrected chi connectivity index (χ4v) is 2.66. The van der Waals surface area contributed by atoms with Crippen molar-refractivity contribution in [3.8, 4) is 23.0 Å². The summed E-state index contributed by atoms with van der Waals surface area (Å²) in [6, 6.07) is 14.5. The molecule has 3 aromatic heterocycles. The van der Waals surface area contributed by atoms with Gasteiger partial charge in [0.1, 0.15) is 5.75 Å². The van der Waals surface area contributed by atoms with Crippen LogP contribution in [0.15, 0.2) is 79.5 Å². The quantitative estimate of drug-likeness (QED) is 0.553. The number of aryl methyl sites for hydroxylation is 1. The van der Waals surface area contributed by atoms with Crippen molar-refractivity contribution >= 4 is 11.6 Å². The lowest BCUT2D eigenvalue weighted by atomic mass is 10.2. The van der Waals surface area contributed by atoms with Crippen molar-refractivity contribution in [2.75, 3.05) is 5.32 Å². The summed E-state index contributed by atoms with van der Waals surface area (Å²) in [6.07, 6.45) is 8.22. The van der Waals surface area contributed by atoms with Crippen LogP contribution in [0.3, 0.4) is 0 Å². The van der Waals surface area contributed by atoms with Crippen LogP contribution in [0.1, 0.15) is 15.9 Å². The van der Waals surface area contributed by atoms with Crippen molar-refractivity contribution in [1.29, 1.82) is 0 Å². The number of benzene rings is 1. The van der Waals surface area contributed by atoms with Gasteiger partial charge >= 0.3 is 6.01 Å². The Balaban J connectivity index is 1.55. The van der Waals surface area contributed by atoms with E-state index >= 15 is 0 Å². The topological polar surface area (TPSA) is 89.9 Å². The highest BCUT2D eigenvalue weighted by molar-refractivity contribution is 6.04. The summed E-state index contributed by atoms with van der Waals surface area (Å²) in [4.78, 5) is 29.0. The van der Waals surface area contributed by atoms with E-state index in [4.69, 9.17) is 4.74 Å². The average Bonchev–Trinajstić information content (AvgIpc) is 2.77. The molecule has 7 nitrogen and oxygen atoms in total. The standard InChI is InChI=1S/C22H17N5O2/c1-15-4-5-18(26-21(28)16-6-10-23-11-7-16)13-20(15)29-22-25-12-8-19(27-22)17-3-2-9-24-14-17/h2-14H,1H3,(H,26,28). The van der Waals surface area contributed by atoms with E-state index in [9.17, 15) is 4.79 Å². The number of nitrogens with zero attached hydrogens (tertiary/aromatic N) is 4. The molecule has 1 aromatic carbocycles. The van der Waals surface area contributed by atoms with E-state index in [1.807, 2.05) is 31.2 Å². The molecule has 0 saturated heterocycles. The maximum absolute atomic E-state index is 12.4. The Kier molecular flexibility index (Phi) is 5.20. The summed E-state index contributed by atoms with van der Waals surface area (Å²) in [5, 5.41) is 2.85. The van der Waals surface area contributed by atoms with Crippen LogP contribution >= 0.6 is 0 Å². The zero-order valence-corrected chi connectivity index (χ0v) is 15.6. The fraction of sp³-hybridized carbons (Fsp3) is 0.0455. The number of nitrogens with one attached hydrogen (secondary N) is 1. The first-order chi connectivity index (χ1) is 14.2. The maximum atomic E-state index is 12.4. The Labute approximate surface area is 167 Å². The lowest BCUT2D eigenvalue weighted by Crippen LogP contribution is -2.11. The van der Waals surface area contributed by atoms with Gasteiger partial charge in [-0.3, -0.25) is 14.8 Å². The van der Waals surface area contributed by atoms with Gasteiger partial charge in [-0.15, -0.1) is 0 Å². The molecular weight excluding hydrogens is 366 g/mol. The molecule has 29 heavy (non-hydrogen) atoms. The van der Waals surface area contributed by atoms with Crippen molar-refractivity contribution in [1.82, 2.24) is 19.9 Å². The summed E-state index contributed by atoms with van der Waals surface area (Å²) in [5.41, 5.74) is 3.60. The van der Waals surface area contributed by atoms with Crippen molar-refractivity contribution in [2.45, 2.75) is 6.92 Å². The van der Waals surface area contributed by atoms with Crippen molar-refractivity contribution < 1.29 is 9.53 Å². The van der Waals surface area contributed by atoms with Crippen molar-refractivity contribution in [3.05, 3.63) is 90.6 Å². The second kappa shape index (κ2) is 8.26. The summed E-state index contributed by atoms with van der Waals surface area (Å²) >= 11 is 0. The number of hydrogen-bond donors (Lipinski definition) is 1. The lowest BCUT2D eigenvalue weighted by Gasteiger charge is -2.11. The van der Waals surface area contributed by atoms with Gasteiger partial charge in [0, 0.05) is 53.9 Å². The zero-order chi connectivity index (χ0) is 20.1. The summed E-state index contributed by atoms with van der Waals surface area (Å²) in [5.74, 6) is 0.331. The number of amides is 1. The third kappa shape index (κ3) is 4.41. The van der Waals surface area contributed by atoms with Gasteiger partial charge in [0.15, 0.2) is 0 Å². The molecule has 1 N–H and O–H groups in total. The monoisotopic (exact) mass is 383 g/mol. The molecule has 142 valence electrons. The largest absolute Gasteiger partial charge is 0.424 e. The average molecular weight is 383 g/mol. The number of pyridine rings is 2. The Morgan fingerprint density at radius 2 is 1.83 bits per heavy atom. The highest BCUT2D eigenvalue weighted by Gasteiger charge is 2.10. The molecule has 0 atom stereocenters. The number of carbonyl (C=O) groups excluding carboxylic acids is 1. The van der Waals surface area contributed by atoms with Crippen LogP contribution in [0.5, 0.6) is 11.8 Å². The molecule has 0 radical (unpaired) electrons. The van der Waals surface area contributed by atoms with Gasteiger partial charge in [-0.25, -0.2) is 4.98 Å². The van der Waals surface area contributed by atoms with Gasteiger partial charge in [-0.1, -0.05) is 6.07 Å². The smallest absolute Gasteiger partial charge is 0.322 e. The Bertz CT molecular complexity index is 1130.